The zero-order chi connectivity index (χ0) is 42.4. The van der Waals surface area contributed by atoms with Gasteiger partial charge in [-0.1, -0.05) is 105 Å². The van der Waals surface area contributed by atoms with Crippen LogP contribution < -0.4 is 5.19 Å². The number of aryl methyl sites for hydroxylation is 3. The molecule has 0 saturated carbocycles. The fourth-order valence-electron chi connectivity index (χ4n) is 5.84. The summed E-state index contributed by atoms with van der Waals surface area (Å²) in [6.07, 6.45) is 4.37. The van der Waals surface area contributed by atoms with Crippen LogP contribution in [0.5, 0.6) is 0 Å². The predicted molar refractivity (Wildman–Crippen MR) is 209 cm³/mol. The fourth-order valence-corrected chi connectivity index (χ4v) is 8.60. The minimum Gasteiger partial charge on any atom is -0.305 e. The second-order valence-electron chi connectivity index (χ2n) is 13.4. The third-order valence-electron chi connectivity index (χ3n) is 8.12. The van der Waals surface area contributed by atoms with Gasteiger partial charge in [0.15, 0.2) is 0 Å². The van der Waals surface area contributed by atoms with Gasteiger partial charge in [-0.05, 0) is 69.9 Å². The molecule has 7 heteroatoms. The molecule has 4 aromatic heterocycles. The molecule has 7 rings (SSSR count). The number of halogens is 1. The van der Waals surface area contributed by atoms with Crippen molar-refractivity contribution in [2.75, 3.05) is 0 Å². The van der Waals surface area contributed by atoms with Crippen LogP contribution in [0.15, 0.2) is 91.3 Å². The molecule has 0 N–H and O–H groups in total. The van der Waals surface area contributed by atoms with Crippen molar-refractivity contribution in [1.29, 1.82) is 0 Å². The summed E-state index contributed by atoms with van der Waals surface area (Å²) in [5.41, 5.74) is 4.65. The zero-order valence-corrected chi connectivity index (χ0v) is 32.6. The van der Waals surface area contributed by atoms with Gasteiger partial charge in [-0.15, -0.1) is 47.5 Å². The molecule has 7 aromatic rings. The molecule has 0 spiro atoms. The Morgan fingerprint density at radius 1 is 0.860 bits per heavy atom. The first kappa shape index (κ1) is 26.9. The van der Waals surface area contributed by atoms with Crippen LogP contribution in [0.2, 0.25) is 19.6 Å². The maximum atomic E-state index is 14.5. The number of nitrogens with zero attached hydrogens (tertiary/aromatic N) is 3. The Hall–Kier alpha value is -3.87. The number of thiophene rings is 1. The first-order chi connectivity index (χ1) is 27.0. The minimum atomic E-state index is -2.34. The smallest absolute Gasteiger partial charge is 0.113 e. The van der Waals surface area contributed by atoms with Crippen LogP contribution in [0.25, 0.3) is 53.9 Å². The Kier molecular flexibility index (Phi) is 8.37. The Bertz CT molecular complexity index is 2600. The summed E-state index contributed by atoms with van der Waals surface area (Å²) in [6, 6.07) is 28.2. The van der Waals surface area contributed by atoms with E-state index in [2.05, 4.69) is 60.6 Å². The minimum absolute atomic E-state index is 0. The number of benzene rings is 3. The molecule has 3 aromatic carbocycles. The van der Waals surface area contributed by atoms with Gasteiger partial charge in [-0.25, -0.2) is 4.98 Å². The summed E-state index contributed by atoms with van der Waals surface area (Å²) in [6.45, 7) is 4.17. The van der Waals surface area contributed by atoms with Crippen LogP contribution in [0.4, 0.5) is 4.39 Å². The number of hydrogen-bond acceptors (Lipinski definition) is 4. The van der Waals surface area contributed by atoms with Crippen LogP contribution in [-0.4, -0.2) is 23.0 Å². The van der Waals surface area contributed by atoms with E-state index in [1.807, 2.05) is 48.7 Å². The monoisotopic (exact) mass is 881 g/mol. The summed E-state index contributed by atoms with van der Waals surface area (Å²) in [7, 11) is -1.56. The van der Waals surface area contributed by atoms with Crippen molar-refractivity contribution >= 4 is 44.9 Å². The van der Waals surface area contributed by atoms with Crippen molar-refractivity contribution < 1.29 is 36.8 Å². The second kappa shape index (κ2) is 15.6. The summed E-state index contributed by atoms with van der Waals surface area (Å²) < 4.78 is 84.7. The van der Waals surface area contributed by atoms with Crippen molar-refractivity contribution in [1.82, 2.24) is 15.0 Å². The standard InChI is InChI=1S/C24H17N2S.C19H25FNSi.Ir/c1-15-13-22(25-14-21(15)17-7-4-3-5-8-17)20-10-6-9-18-19-12-11-16(2)26-24(19)27-23(18)20;1-13(2)9-15-11-18(21-12-19(15)22(4,5)6)16-8-7-14(3)10-17(16)20;/h3-9,11-14H,1-2H3;7,10-13H,9H2,1-6H3;/q2*-1;/i1D3,2D3;3D3;. The van der Waals surface area contributed by atoms with Gasteiger partial charge in [0, 0.05) is 61.9 Å². The average molecular weight is 881 g/mol. The van der Waals surface area contributed by atoms with Gasteiger partial charge in [0.05, 0.1) is 8.07 Å². The third-order valence-corrected chi connectivity index (χ3v) is 11.3. The van der Waals surface area contributed by atoms with Crippen molar-refractivity contribution in [3.63, 3.8) is 0 Å². The van der Waals surface area contributed by atoms with Crippen molar-refractivity contribution in [2.24, 2.45) is 5.92 Å². The van der Waals surface area contributed by atoms with Gasteiger partial charge in [0.2, 0.25) is 0 Å². The van der Waals surface area contributed by atoms with E-state index in [4.69, 9.17) is 12.3 Å². The third kappa shape index (κ3) is 8.19. The fraction of sp³-hybridized carbons (Fsp3) is 0.233. The molecule has 257 valence electrons. The summed E-state index contributed by atoms with van der Waals surface area (Å²) in [4.78, 5) is 14.0. The maximum absolute atomic E-state index is 14.5. The van der Waals surface area contributed by atoms with E-state index < -0.39 is 34.4 Å². The van der Waals surface area contributed by atoms with E-state index in [1.54, 1.807) is 24.4 Å². The normalized spacial score (nSPS) is 14.8. The van der Waals surface area contributed by atoms with Crippen LogP contribution in [-0.2, 0) is 26.5 Å². The number of rotatable bonds is 6. The molecule has 1 radical (unpaired) electrons. The van der Waals surface area contributed by atoms with E-state index >= 15 is 0 Å². The predicted octanol–water partition coefficient (Wildman–Crippen LogP) is 11.3. The summed E-state index contributed by atoms with van der Waals surface area (Å²) in [5, 5.41) is 3.03. The van der Waals surface area contributed by atoms with Gasteiger partial charge in [0.25, 0.3) is 0 Å². The van der Waals surface area contributed by atoms with Crippen molar-refractivity contribution in [3.8, 4) is 33.6 Å². The Labute approximate surface area is 327 Å². The Morgan fingerprint density at radius 3 is 2.34 bits per heavy atom. The van der Waals surface area contributed by atoms with Gasteiger partial charge in [0.1, 0.15) is 4.83 Å². The molecular weight excluding hydrogens is 830 g/mol. The van der Waals surface area contributed by atoms with Crippen LogP contribution in [0, 0.1) is 44.4 Å². The summed E-state index contributed by atoms with van der Waals surface area (Å²) >= 11 is 1.35. The quantitative estimate of drug-likeness (QED) is 0.123. The Morgan fingerprint density at radius 2 is 1.64 bits per heavy atom. The number of fused-ring (bicyclic) bond motifs is 3. The molecule has 0 saturated heterocycles. The van der Waals surface area contributed by atoms with Crippen LogP contribution in [0.3, 0.4) is 0 Å². The van der Waals surface area contributed by atoms with Crippen molar-refractivity contribution in [3.05, 3.63) is 132 Å². The first-order valence-corrected chi connectivity index (χ1v) is 20.4. The molecule has 0 aliphatic heterocycles. The zero-order valence-electron chi connectivity index (χ0n) is 37.4. The van der Waals surface area contributed by atoms with Gasteiger partial charge in [-0.3, -0.25) is 4.39 Å². The topological polar surface area (TPSA) is 38.7 Å². The molecule has 4 heterocycles. The van der Waals surface area contributed by atoms with E-state index in [0.717, 1.165) is 33.5 Å². The molecule has 50 heavy (non-hydrogen) atoms. The van der Waals surface area contributed by atoms with Gasteiger partial charge >= 0.3 is 0 Å². The van der Waals surface area contributed by atoms with Gasteiger partial charge < -0.3 is 9.97 Å². The number of pyridine rings is 3. The van der Waals surface area contributed by atoms with E-state index in [9.17, 15) is 4.39 Å². The molecule has 0 amide bonds. The molecular formula is C43H42FIrN3SSi-2. The SMILES string of the molecule is [2H]C([2H])([2H])c1c[c-]c(-c2cc(CC(C)C)c([Si](C)(C)C)cn2)c(F)c1.[2H]C([2H])([2H])c1ccc2c(n1)sc1c(-c3cc(C([2H])([2H])[2H])c(-c4ccccc4)cn3)[c-]ccc12.[Ir]. The maximum Gasteiger partial charge on any atom is 0.113 e. The molecule has 0 bridgehead atoms. The second-order valence-corrected chi connectivity index (χ2v) is 19.5. The van der Waals surface area contributed by atoms with Crippen molar-refractivity contribution in [2.45, 2.75) is 60.5 Å². The molecule has 0 atom stereocenters. The molecule has 0 aliphatic carbocycles. The number of hydrogen-bond donors (Lipinski definition) is 0. The molecule has 0 fully saturated rings. The largest absolute Gasteiger partial charge is 0.305 e. The van der Waals surface area contributed by atoms with Gasteiger partial charge in [-0.2, -0.15) is 11.3 Å². The molecule has 0 unspecified atom stereocenters. The van der Waals surface area contributed by atoms with Crippen LogP contribution >= 0.6 is 11.3 Å². The average Bonchev–Trinajstić information content (AvgIpc) is 3.52. The van der Waals surface area contributed by atoms with E-state index in [0.29, 0.717) is 33.3 Å². The van der Waals surface area contributed by atoms with Crippen LogP contribution in [0.1, 0.15) is 48.6 Å². The van der Waals surface area contributed by atoms with E-state index in [1.165, 1.54) is 34.2 Å². The Balaban J connectivity index is 0.000000230. The molecule has 3 nitrogen and oxygen atoms in total. The molecule has 0 aliphatic rings. The summed E-state index contributed by atoms with van der Waals surface area (Å²) in [5.74, 6) is -0.116. The number of aromatic nitrogens is 3. The first-order valence-electron chi connectivity index (χ1n) is 20.5. The van der Waals surface area contributed by atoms with E-state index in [-0.39, 0.29) is 42.5 Å².